The molecule has 6 heteroatoms. The van der Waals surface area contributed by atoms with E-state index < -0.39 is 11.8 Å². The highest BCUT2D eigenvalue weighted by Gasteiger charge is 2.13. The van der Waals surface area contributed by atoms with Crippen LogP contribution in [-0.4, -0.2) is 21.0 Å². The molecule has 0 aliphatic carbocycles. The Hall–Kier alpha value is -2.50. The second-order valence-electron chi connectivity index (χ2n) is 4.37. The Morgan fingerprint density at radius 1 is 1.40 bits per heavy atom. The van der Waals surface area contributed by atoms with Crippen molar-refractivity contribution in [3.05, 3.63) is 51.3 Å². The number of aromatic carboxylic acids is 1. The van der Waals surface area contributed by atoms with Gasteiger partial charge in [0.2, 0.25) is 0 Å². The number of hydrogen-bond acceptors (Lipinski definition) is 3. The van der Waals surface area contributed by atoms with Gasteiger partial charge in [0.1, 0.15) is 11.6 Å². The number of benzene rings is 1. The van der Waals surface area contributed by atoms with Crippen molar-refractivity contribution in [1.29, 1.82) is 0 Å². The molecule has 2 aromatic rings. The smallest absolute Gasteiger partial charge is 0.335 e. The molecule has 0 amide bonds. The molecule has 0 bridgehead atoms. The Balaban J connectivity index is 2.71. The van der Waals surface area contributed by atoms with Crippen LogP contribution in [-0.2, 0) is 6.42 Å². The van der Waals surface area contributed by atoms with Gasteiger partial charge in [-0.2, -0.15) is 0 Å². The number of rotatable bonds is 3. The van der Waals surface area contributed by atoms with Crippen LogP contribution in [0.25, 0.3) is 11.3 Å². The summed E-state index contributed by atoms with van der Waals surface area (Å²) in [5, 5.41) is 8.95. The highest BCUT2D eigenvalue weighted by molar-refractivity contribution is 5.89. The molecular weight excluding hydrogens is 263 g/mol. The summed E-state index contributed by atoms with van der Waals surface area (Å²) in [4.78, 5) is 29.6. The molecule has 1 heterocycles. The lowest BCUT2D eigenvalue weighted by molar-refractivity contribution is 0.0696. The molecule has 1 aromatic carbocycles. The fourth-order valence-corrected chi connectivity index (χ4v) is 1.88. The number of carbonyl (C=O) groups is 1. The molecule has 0 spiro atoms. The van der Waals surface area contributed by atoms with Gasteiger partial charge >= 0.3 is 5.97 Å². The van der Waals surface area contributed by atoms with Crippen molar-refractivity contribution in [3.8, 4) is 11.3 Å². The number of hydrogen-bond donors (Lipinski definition) is 2. The van der Waals surface area contributed by atoms with Crippen LogP contribution in [0.3, 0.4) is 0 Å². The summed E-state index contributed by atoms with van der Waals surface area (Å²) in [5.41, 5.74) is 0.407. The van der Waals surface area contributed by atoms with Gasteiger partial charge in [-0.15, -0.1) is 0 Å². The van der Waals surface area contributed by atoms with E-state index in [1.807, 2.05) is 6.92 Å². The van der Waals surface area contributed by atoms with Crippen LogP contribution in [0.15, 0.2) is 23.0 Å². The van der Waals surface area contributed by atoms with Crippen molar-refractivity contribution < 1.29 is 14.3 Å². The van der Waals surface area contributed by atoms with Crippen molar-refractivity contribution in [3.63, 3.8) is 0 Å². The lowest BCUT2D eigenvalue weighted by Crippen LogP contribution is -2.16. The second-order valence-corrected chi connectivity index (χ2v) is 4.37. The van der Waals surface area contributed by atoms with Crippen molar-refractivity contribution in [2.45, 2.75) is 20.3 Å². The number of aromatic nitrogens is 2. The van der Waals surface area contributed by atoms with E-state index >= 15 is 0 Å². The first-order valence-electron chi connectivity index (χ1n) is 6.06. The van der Waals surface area contributed by atoms with Gasteiger partial charge in [0, 0.05) is 17.5 Å². The third-order valence-electron chi connectivity index (χ3n) is 2.95. The summed E-state index contributed by atoms with van der Waals surface area (Å²) in [7, 11) is 0. The number of aromatic amines is 1. The lowest BCUT2D eigenvalue weighted by atomic mass is 10.0. The fraction of sp³-hybridized carbons (Fsp3) is 0.214. The highest BCUT2D eigenvalue weighted by Crippen LogP contribution is 2.22. The Labute approximate surface area is 114 Å². The van der Waals surface area contributed by atoms with Crippen LogP contribution in [0.2, 0.25) is 0 Å². The molecule has 0 atom stereocenters. The largest absolute Gasteiger partial charge is 0.478 e. The van der Waals surface area contributed by atoms with E-state index in [1.165, 1.54) is 12.1 Å². The van der Waals surface area contributed by atoms with E-state index in [0.717, 1.165) is 6.07 Å². The first kappa shape index (κ1) is 13.9. The first-order valence-corrected chi connectivity index (χ1v) is 6.06. The molecule has 1 aromatic heterocycles. The summed E-state index contributed by atoms with van der Waals surface area (Å²) in [6.45, 7) is 3.39. The number of carboxylic acid groups (broad SMARTS) is 1. The van der Waals surface area contributed by atoms with Crippen LogP contribution in [0.1, 0.15) is 28.7 Å². The second kappa shape index (κ2) is 5.24. The average Bonchev–Trinajstić information content (AvgIpc) is 2.40. The summed E-state index contributed by atoms with van der Waals surface area (Å²) in [5.74, 6) is -1.44. The Morgan fingerprint density at radius 2 is 2.10 bits per heavy atom. The van der Waals surface area contributed by atoms with Crippen LogP contribution >= 0.6 is 0 Å². The third-order valence-corrected chi connectivity index (χ3v) is 2.95. The molecule has 0 saturated heterocycles. The van der Waals surface area contributed by atoms with Gasteiger partial charge in [-0.25, -0.2) is 14.2 Å². The van der Waals surface area contributed by atoms with Crippen molar-refractivity contribution in [2.75, 3.05) is 0 Å². The zero-order valence-electron chi connectivity index (χ0n) is 11.0. The lowest BCUT2D eigenvalue weighted by Gasteiger charge is -2.08. The fourth-order valence-electron chi connectivity index (χ4n) is 1.88. The van der Waals surface area contributed by atoms with Gasteiger partial charge in [-0.3, -0.25) is 4.79 Å². The van der Waals surface area contributed by atoms with Crippen LogP contribution in [0, 0.1) is 12.7 Å². The molecule has 0 fully saturated rings. The van der Waals surface area contributed by atoms with E-state index in [2.05, 4.69) is 9.97 Å². The monoisotopic (exact) mass is 276 g/mol. The zero-order valence-corrected chi connectivity index (χ0v) is 11.0. The average molecular weight is 276 g/mol. The van der Waals surface area contributed by atoms with Gasteiger partial charge in [-0.05, 0) is 25.1 Å². The van der Waals surface area contributed by atoms with Crippen molar-refractivity contribution >= 4 is 5.97 Å². The summed E-state index contributed by atoms with van der Waals surface area (Å²) < 4.78 is 13.5. The topological polar surface area (TPSA) is 83.0 Å². The molecule has 2 N–H and O–H groups in total. The van der Waals surface area contributed by atoms with Gasteiger partial charge in [0.05, 0.1) is 11.3 Å². The highest BCUT2D eigenvalue weighted by atomic mass is 19.1. The maximum Gasteiger partial charge on any atom is 0.335 e. The Bertz CT molecular complexity index is 738. The molecule has 0 aliphatic heterocycles. The van der Waals surface area contributed by atoms with Gasteiger partial charge in [0.15, 0.2) is 0 Å². The molecule has 0 radical (unpaired) electrons. The van der Waals surface area contributed by atoms with Crippen LogP contribution < -0.4 is 5.56 Å². The molecule has 5 nitrogen and oxygen atoms in total. The standard InChI is InChI=1S/C14H13FN2O3/c1-3-11-16-12(7(2)13(18)17-11)8-4-9(14(19)20)6-10(15)5-8/h4-6H,3H2,1-2H3,(H,19,20)(H,16,17,18). The van der Waals surface area contributed by atoms with Gasteiger partial charge in [0.25, 0.3) is 5.56 Å². The minimum Gasteiger partial charge on any atom is -0.478 e. The maximum atomic E-state index is 13.5. The number of H-pyrrole nitrogens is 1. The maximum absolute atomic E-state index is 13.5. The molecule has 20 heavy (non-hydrogen) atoms. The zero-order chi connectivity index (χ0) is 14.9. The first-order chi connectivity index (χ1) is 9.42. The quantitative estimate of drug-likeness (QED) is 0.899. The normalized spacial score (nSPS) is 10.6. The summed E-state index contributed by atoms with van der Waals surface area (Å²) in [6.07, 6.45) is 0.517. The molecule has 0 saturated carbocycles. The van der Waals surface area contributed by atoms with E-state index in [4.69, 9.17) is 5.11 Å². The third kappa shape index (κ3) is 2.59. The van der Waals surface area contributed by atoms with Gasteiger partial charge < -0.3 is 10.1 Å². The Morgan fingerprint density at radius 3 is 2.70 bits per heavy atom. The van der Waals surface area contributed by atoms with Crippen LogP contribution in [0.4, 0.5) is 4.39 Å². The summed E-state index contributed by atoms with van der Waals surface area (Å²) in [6, 6.07) is 3.40. The minimum atomic E-state index is -1.23. The molecule has 0 aliphatic rings. The Kier molecular flexibility index (Phi) is 3.65. The SMILES string of the molecule is CCc1nc(-c2cc(F)cc(C(=O)O)c2)c(C)c(=O)[nH]1. The van der Waals surface area contributed by atoms with E-state index in [-0.39, 0.29) is 16.7 Å². The molecule has 0 unspecified atom stereocenters. The predicted molar refractivity (Wildman–Crippen MR) is 71.3 cm³/mol. The van der Waals surface area contributed by atoms with E-state index in [9.17, 15) is 14.0 Å². The molecule has 104 valence electrons. The number of carboxylic acids is 1. The minimum absolute atomic E-state index is 0.181. The number of halogens is 1. The van der Waals surface area contributed by atoms with E-state index in [0.29, 0.717) is 23.5 Å². The van der Waals surface area contributed by atoms with E-state index in [1.54, 1.807) is 6.92 Å². The number of nitrogens with one attached hydrogen (secondary N) is 1. The van der Waals surface area contributed by atoms with Gasteiger partial charge in [-0.1, -0.05) is 6.92 Å². The predicted octanol–water partition coefficient (Wildman–Crippen LogP) is 2.15. The summed E-state index contributed by atoms with van der Waals surface area (Å²) >= 11 is 0. The number of nitrogens with zero attached hydrogens (tertiary/aromatic N) is 1. The molecular formula is C14H13FN2O3. The van der Waals surface area contributed by atoms with Crippen molar-refractivity contribution in [2.24, 2.45) is 0 Å². The van der Waals surface area contributed by atoms with Crippen molar-refractivity contribution in [1.82, 2.24) is 9.97 Å². The number of aryl methyl sites for hydroxylation is 1. The molecule has 2 rings (SSSR count). The van der Waals surface area contributed by atoms with Crippen LogP contribution in [0.5, 0.6) is 0 Å².